The maximum absolute atomic E-state index is 14.4. The van der Waals surface area contributed by atoms with Gasteiger partial charge in [-0.2, -0.15) is 0 Å². The monoisotopic (exact) mass is 910 g/mol. The lowest BCUT2D eigenvalue weighted by Crippen LogP contribution is -2.60. The first kappa shape index (κ1) is 56.5. The number of ether oxygens (including phenoxy) is 6. The van der Waals surface area contributed by atoms with Crippen LogP contribution in [0.1, 0.15) is 89.5 Å². The van der Waals surface area contributed by atoms with E-state index >= 15 is 0 Å². The molecule has 0 aliphatic carbocycles. The van der Waals surface area contributed by atoms with Crippen LogP contribution < -0.4 is 10.6 Å². The molecule has 2 rings (SSSR count). The summed E-state index contributed by atoms with van der Waals surface area (Å²) in [4.78, 5) is 75.3. The normalized spacial score (nSPS) is 17.9. The van der Waals surface area contributed by atoms with Gasteiger partial charge in [0.2, 0.25) is 23.6 Å². The van der Waals surface area contributed by atoms with E-state index in [9.17, 15) is 24.0 Å². The molecule has 1 aliphatic rings. The first-order valence-corrected chi connectivity index (χ1v) is 23.3. The van der Waals surface area contributed by atoms with Crippen LogP contribution in [-0.2, 0) is 58.8 Å². The van der Waals surface area contributed by atoms with Crippen molar-refractivity contribution in [3.05, 3.63) is 35.9 Å². The maximum atomic E-state index is 14.4. The second-order valence-corrected chi connectivity index (χ2v) is 17.7. The molecule has 0 unspecified atom stereocenters. The van der Waals surface area contributed by atoms with Gasteiger partial charge >= 0.3 is 5.97 Å². The van der Waals surface area contributed by atoms with Crippen LogP contribution in [0.15, 0.2) is 30.3 Å². The number of carbonyl (C=O) groups excluding carboxylic acids is 5. The molecule has 2 N–H and O–H groups in total. The largest absolute Gasteiger partial charge is 0.462 e. The van der Waals surface area contributed by atoms with Crippen molar-refractivity contribution < 1.29 is 55.2 Å². The van der Waals surface area contributed by atoms with Crippen molar-refractivity contribution in [1.82, 2.24) is 25.3 Å². The summed E-state index contributed by atoms with van der Waals surface area (Å²) in [5.41, 5.74) is 0.845. The zero-order chi connectivity index (χ0) is 47.9. The van der Waals surface area contributed by atoms with Crippen molar-refractivity contribution in [2.24, 2.45) is 23.7 Å². The molecule has 1 aliphatic heterocycles. The highest BCUT2D eigenvalue weighted by atomic mass is 16.6. The van der Waals surface area contributed by atoms with Crippen LogP contribution in [0.25, 0.3) is 0 Å². The lowest BCUT2D eigenvalue weighted by molar-refractivity contribution is -0.151. The lowest BCUT2D eigenvalue weighted by atomic mass is 9.89. The van der Waals surface area contributed by atoms with Crippen LogP contribution in [0, 0.1) is 23.7 Å². The summed E-state index contributed by atoms with van der Waals surface area (Å²) < 4.78 is 33.5. The number of nitrogens with one attached hydrogen (secondary N) is 2. The second-order valence-electron chi connectivity index (χ2n) is 17.7. The van der Waals surface area contributed by atoms with Gasteiger partial charge in [-0.25, -0.2) is 4.79 Å². The first-order chi connectivity index (χ1) is 30.5. The van der Waals surface area contributed by atoms with Gasteiger partial charge in [-0.1, -0.05) is 92.1 Å². The van der Waals surface area contributed by atoms with Crippen LogP contribution in [-0.4, -0.2) is 175 Å². The van der Waals surface area contributed by atoms with Crippen LogP contribution >= 0.6 is 0 Å². The predicted octanol–water partition coefficient (Wildman–Crippen LogP) is 4.47. The molecule has 16 nitrogen and oxygen atoms in total. The van der Waals surface area contributed by atoms with Crippen molar-refractivity contribution in [2.45, 2.75) is 130 Å². The molecule has 9 atom stereocenters. The Morgan fingerprint density at radius 1 is 0.812 bits per heavy atom. The maximum Gasteiger partial charge on any atom is 0.329 e. The average Bonchev–Trinajstić information content (AvgIpc) is 3.76. The van der Waals surface area contributed by atoms with Gasteiger partial charge in [0.15, 0.2) is 0 Å². The molecular weight excluding hydrogens is 823 g/mol. The highest BCUT2D eigenvalue weighted by Gasteiger charge is 2.43. The van der Waals surface area contributed by atoms with E-state index < -0.39 is 60.2 Å². The number of hydrogen-bond donors (Lipinski definition) is 2. The summed E-state index contributed by atoms with van der Waals surface area (Å²) in [6.45, 7) is 18.6. The summed E-state index contributed by atoms with van der Waals surface area (Å²) in [5, 5.41) is 5.99. The minimum absolute atomic E-state index is 0. The third-order valence-corrected chi connectivity index (χ3v) is 12.5. The highest BCUT2D eigenvalue weighted by Crippen LogP contribution is 2.30. The molecule has 0 saturated carbocycles. The number of rotatable bonds is 31. The summed E-state index contributed by atoms with van der Waals surface area (Å²) in [7, 11) is 8.31. The fourth-order valence-corrected chi connectivity index (χ4v) is 8.60. The van der Waals surface area contributed by atoms with Gasteiger partial charge in [-0.3, -0.25) is 24.1 Å². The quantitative estimate of drug-likeness (QED) is 0.0792. The number of amides is 4. The first-order valence-electron chi connectivity index (χ1n) is 23.3. The third-order valence-electron chi connectivity index (χ3n) is 12.5. The van der Waals surface area contributed by atoms with Crippen molar-refractivity contribution in [3.8, 4) is 0 Å². The van der Waals surface area contributed by atoms with Gasteiger partial charge < -0.3 is 48.9 Å². The summed E-state index contributed by atoms with van der Waals surface area (Å²) in [6, 6.07) is 6.29. The van der Waals surface area contributed by atoms with Gasteiger partial charge in [0.05, 0.1) is 75.7 Å². The zero-order valence-electron chi connectivity index (χ0n) is 41.3. The third kappa shape index (κ3) is 17.3. The van der Waals surface area contributed by atoms with Gasteiger partial charge in [0.25, 0.3) is 0 Å². The molecule has 1 saturated heterocycles. The smallest absolute Gasteiger partial charge is 0.329 e. The number of esters is 1. The Bertz CT molecular complexity index is 1550. The summed E-state index contributed by atoms with van der Waals surface area (Å²) in [5.74, 6) is -2.58. The Balaban J connectivity index is 0.0000211. The van der Waals surface area contributed by atoms with Crippen LogP contribution in [0.3, 0.4) is 0 Å². The number of likely N-dealkylation sites (N-methyl/N-ethyl adjacent to an activating group) is 2. The number of carbonyl (C=O) groups is 5. The van der Waals surface area contributed by atoms with E-state index in [0.717, 1.165) is 5.56 Å². The molecule has 0 radical (unpaired) electrons. The van der Waals surface area contributed by atoms with E-state index in [0.29, 0.717) is 58.8 Å². The molecule has 1 aromatic rings. The number of likely N-dealkylation sites (tertiary alicyclic amines) is 1. The van der Waals surface area contributed by atoms with Gasteiger partial charge in [0, 0.05) is 44.2 Å². The molecule has 370 valence electrons. The number of hydrogen-bond acceptors (Lipinski definition) is 12. The van der Waals surface area contributed by atoms with E-state index in [1.807, 2.05) is 90.7 Å². The summed E-state index contributed by atoms with van der Waals surface area (Å²) in [6.07, 6.45) is 0.883. The zero-order valence-corrected chi connectivity index (χ0v) is 41.3. The SMILES string of the molecule is CC[C@H](C)[C@@H]([C@@H](CC(=O)N1CCC[C@H]1[C@H](OC)[C@@H](C)C(=O)N[C@@H](Cc1ccccc1)C(=O)OCCOCCOCCOC)OC)N(C)C(=O)[C@@H](NC(=O)[C@H](C(C)C)N(C)CC)C(C)C.[HH].[HH]. The van der Waals surface area contributed by atoms with Gasteiger partial charge in [0.1, 0.15) is 18.7 Å². The fraction of sp³-hybridized carbons (Fsp3) is 0.771. The minimum atomic E-state index is -0.980. The standard InChI is InChI=1S/C48H83N5O11.2H2/c1-14-34(7)43(52(10)47(57)41(32(3)4)50-46(56)42(33(5)6)51(9)15-2)39(60-12)31-40(54)53-23-19-22-38(53)44(61-13)35(8)45(55)49-37(30-36-20-17-16-18-21-36)48(58)64-29-28-63-27-26-62-25-24-59-11;;/h16-18,20-21,32-35,37-39,41-44H,14-15,19,22-31H2,1-13H3,(H,49,55)(H,50,56);2*1H/t34-,35+,37-,38-,39+,41-,42-,43-,44+;;/m0../s1. The number of benzene rings is 1. The molecule has 0 spiro atoms. The Morgan fingerprint density at radius 3 is 1.98 bits per heavy atom. The Kier molecular flexibility index (Phi) is 26.3. The summed E-state index contributed by atoms with van der Waals surface area (Å²) >= 11 is 0. The molecular formula is C48H87N5O11. The molecule has 4 amide bonds. The number of methoxy groups -OCH3 is 3. The van der Waals surface area contributed by atoms with E-state index in [1.165, 1.54) is 7.11 Å². The van der Waals surface area contributed by atoms with Crippen molar-refractivity contribution in [3.63, 3.8) is 0 Å². The van der Waals surface area contributed by atoms with Crippen molar-refractivity contribution in [2.75, 3.05) is 88.2 Å². The van der Waals surface area contributed by atoms with E-state index in [1.54, 1.807) is 38.0 Å². The molecule has 64 heavy (non-hydrogen) atoms. The molecule has 0 bridgehead atoms. The highest BCUT2D eigenvalue weighted by molar-refractivity contribution is 5.90. The lowest BCUT2D eigenvalue weighted by Gasteiger charge is -2.41. The topological polar surface area (TPSA) is 175 Å². The van der Waals surface area contributed by atoms with E-state index in [-0.39, 0.29) is 64.4 Å². The second kappa shape index (κ2) is 29.8. The van der Waals surface area contributed by atoms with E-state index in [4.69, 9.17) is 28.4 Å². The Labute approximate surface area is 387 Å². The van der Waals surface area contributed by atoms with Crippen LogP contribution in [0.4, 0.5) is 0 Å². The Morgan fingerprint density at radius 2 is 1.44 bits per heavy atom. The van der Waals surface area contributed by atoms with Gasteiger partial charge in [-0.05, 0) is 49.8 Å². The molecule has 1 heterocycles. The van der Waals surface area contributed by atoms with Crippen LogP contribution in [0.2, 0.25) is 0 Å². The molecule has 1 aromatic carbocycles. The van der Waals surface area contributed by atoms with Crippen molar-refractivity contribution >= 4 is 29.6 Å². The van der Waals surface area contributed by atoms with E-state index in [2.05, 4.69) is 10.6 Å². The van der Waals surface area contributed by atoms with Gasteiger partial charge in [-0.15, -0.1) is 0 Å². The number of nitrogens with zero attached hydrogens (tertiary/aromatic N) is 3. The molecule has 0 aromatic heterocycles. The fourth-order valence-electron chi connectivity index (χ4n) is 8.60. The average molecular weight is 910 g/mol. The molecule has 1 fully saturated rings. The molecule has 16 heteroatoms. The predicted molar refractivity (Wildman–Crippen MR) is 251 cm³/mol. The van der Waals surface area contributed by atoms with Crippen LogP contribution in [0.5, 0.6) is 0 Å². The Hall–Kier alpha value is -3.67. The minimum Gasteiger partial charge on any atom is -0.462 e. The van der Waals surface area contributed by atoms with Crippen molar-refractivity contribution in [1.29, 1.82) is 0 Å².